The van der Waals surface area contributed by atoms with Crippen LogP contribution in [0.15, 0.2) is 0 Å². The van der Waals surface area contributed by atoms with Gasteiger partial charge in [-0.3, -0.25) is 0 Å². The van der Waals surface area contributed by atoms with Crippen LogP contribution in [0.25, 0.3) is 0 Å². The first-order valence-electron chi connectivity index (χ1n) is 9.99. The Bertz CT molecular complexity index is 320. The zero-order valence-corrected chi connectivity index (χ0v) is 19.1. The highest BCUT2D eigenvalue weighted by Crippen LogP contribution is 2.44. The van der Waals surface area contributed by atoms with E-state index in [9.17, 15) is 0 Å². The van der Waals surface area contributed by atoms with E-state index in [0.29, 0.717) is 21.7 Å². The highest BCUT2D eigenvalue weighted by molar-refractivity contribution is 4.84. The lowest BCUT2D eigenvalue weighted by molar-refractivity contribution is -0.0821. The molecule has 1 heterocycles. The molecule has 26 heavy (non-hydrogen) atoms. The molecule has 1 aliphatic heterocycles. The second kappa shape index (κ2) is 11.1. The molecule has 0 aromatic heterocycles. The fourth-order valence-corrected chi connectivity index (χ4v) is 3.28. The molecule has 1 saturated heterocycles. The molecular weight excluding hydrogens is 316 g/mol. The summed E-state index contributed by atoms with van der Waals surface area (Å²) in [4.78, 5) is 0. The maximum Gasteiger partial charge on any atom is 0.0521 e. The standard InChI is InChI=1S/C9H20.C7H14O.C7H14.2CH4/c1-8(2,3)7-9(4,5)6;1-7(2,3)6-4-8-5-6;1-7(2,3)6-4-5-6;;/h7H2,1-6H3;6H,4-5H2,1-3H3;6H,4-5H2,1-3H3;2*1H4. The van der Waals surface area contributed by atoms with Gasteiger partial charge in [0.25, 0.3) is 0 Å². The molecule has 0 spiro atoms. The first kappa shape index (κ1) is 30.7. The molecule has 0 unspecified atom stereocenters. The lowest BCUT2D eigenvalue weighted by atomic mass is 9.78. The van der Waals surface area contributed by atoms with E-state index >= 15 is 0 Å². The maximum absolute atomic E-state index is 5.06. The molecule has 1 saturated carbocycles. The Morgan fingerprint density at radius 1 is 0.577 bits per heavy atom. The molecule has 0 aromatic rings. The van der Waals surface area contributed by atoms with Crippen molar-refractivity contribution in [3.63, 3.8) is 0 Å². The predicted octanol–water partition coefficient (Wildman–Crippen LogP) is 8.86. The first-order valence-corrected chi connectivity index (χ1v) is 9.99. The number of hydrogen-bond donors (Lipinski definition) is 0. The molecule has 0 amide bonds. The van der Waals surface area contributed by atoms with Gasteiger partial charge in [0.1, 0.15) is 0 Å². The molecule has 1 heteroatoms. The van der Waals surface area contributed by atoms with Crippen LogP contribution in [0, 0.1) is 33.5 Å². The Morgan fingerprint density at radius 3 is 0.885 bits per heavy atom. The van der Waals surface area contributed by atoms with Gasteiger partial charge in [0.05, 0.1) is 13.2 Å². The van der Waals surface area contributed by atoms with Crippen molar-refractivity contribution < 1.29 is 4.74 Å². The average molecular weight is 373 g/mol. The molecule has 0 bridgehead atoms. The highest BCUT2D eigenvalue weighted by Gasteiger charge is 2.33. The van der Waals surface area contributed by atoms with Crippen molar-refractivity contribution in [3.05, 3.63) is 0 Å². The molecular formula is C25H56O. The van der Waals surface area contributed by atoms with Gasteiger partial charge in [-0.25, -0.2) is 0 Å². The summed E-state index contributed by atoms with van der Waals surface area (Å²) in [7, 11) is 0. The third-order valence-corrected chi connectivity index (χ3v) is 4.73. The van der Waals surface area contributed by atoms with E-state index in [4.69, 9.17) is 4.74 Å². The normalized spacial score (nSPS) is 18.0. The highest BCUT2D eigenvalue weighted by atomic mass is 16.5. The van der Waals surface area contributed by atoms with Gasteiger partial charge >= 0.3 is 0 Å². The Kier molecular flexibility index (Phi) is 13.1. The Morgan fingerprint density at radius 2 is 0.885 bits per heavy atom. The Balaban J connectivity index is -0.000000295. The van der Waals surface area contributed by atoms with Crippen LogP contribution in [0.3, 0.4) is 0 Å². The van der Waals surface area contributed by atoms with E-state index in [-0.39, 0.29) is 14.9 Å². The zero-order chi connectivity index (χ0) is 19.4. The minimum Gasteiger partial charge on any atom is -0.381 e. The topological polar surface area (TPSA) is 9.23 Å². The number of rotatable bonds is 0. The van der Waals surface area contributed by atoms with Crippen LogP contribution < -0.4 is 0 Å². The lowest BCUT2D eigenvalue weighted by Gasteiger charge is -2.37. The Hall–Kier alpha value is -0.0400. The van der Waals surface area contributed by atoms with Crippen LogP contribution in [-0.2, 0) is 4.74 Å². The van der Waals surface area contributed by atoms with Gasteiger partial charge in [-0.2, -0.15) is 0 Å². The smallest absolute Gasteiger partial charge is 0.0521 e. The van der Waals surface area contributed by atoms with Crippen LogP contribution in [0.5, 0.6) is 0 Å². The Labute approximate surface area is 169 Å². The van der Waals surface area contributed by atoms with Crippen molar-refractivity contribution in [2.24, 2.45) is 33.5 Å². The van der Waals surface area contributed by atoms with Gasteiger partial charge in [0.2, 0.25) is 0 Å². The van der Waals surface area contributed by atoms with Crippen LogP contribution in [-0.4, -0.2) is 13.2 Å². The minimum atomic E-state index is 0. The second-order valence-electron chi connectivity index (χ2n) is 12.5. The average Bonchev–Trinajstić information content (AvgIpc) is 2.84. The maximum atomic E-state index is 5.06. The van der Waals surface area contributed by atoms with Gasteiger partial charge in [-0.1, -0.05) is 97.9 Å². The van der Waals surface area contributed by atoms with E-state index in [2.05, 4.69) is 83.1 Å². The van der Waals surface area contributed by atoms with Crippen molar-refractivity contribution in [1.82, 2.24) is 0 Å². The molecule has 1 nitrogen and oxygen atoms in total. The van der Waals surface area contributed by atoms with Crippen molar-refractivity contribution in [1.29, 1.82) is 0 Å². The van der Waals surface area contributed by atoms with Crippen LogP contribution >= 0.6 is 0 Å². The van der Waals surface area contributed by atoms with E-state index < -0.39 is 0 Å². The van der Waals surface area contributed by atoms with Crippen LogP contribution in [0.2, 0.25) is 0 Å². The molecule has 0 radical (unpaired) electrons. The summed E-state index contributed by atoms with van der Waals surface area (Å²) in [6, 6.07) is 0. The van der Waals surface area contributed by atoms with Crippen LogP contribution in [0.1, 0.15) is 117 Å². The molecule has 0 aromatic carbocycles. The van der Waals surface area contributed by atoms with E-state index in [0.717, 1.165) is 25.0 Å². The fourth-order valence-electron chi connectivity index (χ4n) is 3.28. The largest absolute Gasteiger partial charge is 0.381 e. The molecule has 2 aliphatic rings. The van der Waals surface area contributed by atoms with Gasteiger partial charge in [-0.15, -0.1) is 0 Å². The monoisotopic (exact) mass is 372 g/mol. The van der Waals surface area contributed by atoms with E-state index in [1.165, 1.54) is 19.3 Å². The van der Waals surface area contributed by atoms with E-state index in [1.54, 1.807) is 0 Å². The zero-order valence-electron chi connectivity index (χ0n) is 19.1. The molecule has 0 N–H and O–H groups in total. The van der Waals surface area contributed by atoms with Crippen molar-refractivity contribution in [3.8, 4) is 0 Å². The summed E-state index contributed by atoms with van der Waals surface area (Å²) >= 11 is 0. The third kappa shape index (κ3) is 17.4. The number of hydrogen-bond acceptors (Lipinski definition) is 1. The second-order valence-corrected chi connectivity index (χ2v) is 12.5. The summed E-state index contributed by atoms with van der Waals surface area (Å²) in [6.45, 7) is 29.5. The first-order chi connectivity index (χ1) is 10.4. The number of ether oxygens (including phenoxy) is 1. The SMILES string of the molecule is C.C.CC(C)(C)C1CC1.CC(C)(C)C1COC1.CC(C)(C)CC(C)(C)C. The lowest BCUT2D eigenvalue weighted by Crippen LogP contribution is -2.37. The van der Waals surface area contributed by atoms with Gasteiger partial charge in [0, 0.05) is 5.92 Å². The summed E-state index contributed by atoms with van der Waals surface area (Å²) in [5.41, 5.74) is 2.05. The third-order valence-electron chi connectivity index (χ3n) is 4.73. The van der Waals surface area contributed by atoms with Crippen molar-refractivity contribution in [2.75, 3.05) is 13.2 Å². The van der Waals surface area contributed by atoms with Crippen molar-refractivity contribution >= 4 is 0 Å². The van der Waals surface area contributed by atoms with E-state index in [1.807, 2.05) is 0 Å². The summed E-state index contributed by atoms with van der Waals surface area (Å²) < 4.78 is 5.06. The molecule has 2 fully saturated rings. The molecule has 0 atom stereocenters. The van der Waals surface area contributed by atoms with Gasteiger partial charge < -0.3 is 4.74 Å². The fraction of sp³-hybridized carbons (Fsp3) is 1.00. The predicted molar refractivity (Wildman–Crippen MR) is 123 cm³/mol. The van der Waals surface area contributed by atoms with Gasteiger partial charge in [0.15, 0.2) is 0 Å². The molecule has 162 valence electrons. The van der Waals surface area contributed by atoms with Crippen LogP contribution in [0.4, 0.5) is 0 Å². The minimum absolute atomic E-state index is 0. The quantitative estimate of drug-likeness (QED) is 0.412. The molecule has 1 aliphatic carbocycles. The van der Waals surface area contributed by atoms with Crippen molar-refractivity contribution in [2.45, 2.75) is 117 Å². The van der Waals surface area contributed by atoms with Gasteiger partial charge in [-0.05, 0) is 46.8 Å². The summed E-state index contributed by atoms with van der Waals surface area (Å²) in [5, 5.41) is 0. The molecule has 2 rings (SSSR count). The summed E-state index contributed by atoms with van der Waals surface area (Å²) in [6.07, 6.45) is 4.24. The summed E-state index contributed by atoms with van der Waals surface area (Å²) in [5.74, 6) is 1.86.